The number of urea groups is 1. The summed E-state index contributed by atoms with van der Waals surface area (Å²) in [5.41, 5.74) is 0.717. The Kier molecular flexibility index (Phi) is 14.0. The lowest BCUT2D eigenvalue weighted by molar-refractivity contribution is -0.00833. The number of rotatable bonds is 8. The third-order valence-corrected chi connectivity index (χ3v) is 11.3. The molecule has 0 saturated heterocycles. The summed E-state index contributed by atoms with van der Waals surface area (Å²) in [6, 6.07) is 10.3. The van der Waals surface area contributed by atoms with Crippen LogP contribution in [0.25, 0.3) is 0 Å². The highest BCUT2D eigenvalue weighted by atomic mass is 35.5. The average molecular weight is 707 g/mol. The van der Waals surface area contributed by atoms with E-state index in [2.05, 4.69) is 10.6 Å². The number of fused-ring (bicyclic) bond motifs is 1. The van der Waals surface area contributed by atoms with Gasteiger partial charge in [-0.25, -0.2) is 13.2 Å². The van der Waals surface area contributed by atoms with Crippen molar-refractivity contribution in [1.82, 2.24) is 14.5 Å². The molecule has 0 spiro atoms. The van der Waals surface area contributed by atoms with Gasteiger partial charge < -0.3 is 30.1 Å². The molecule has 3 amide bonds. The third kappa shape index (κ3) is 10.3. The minimum absolute atomic E-state index is 0.0575. The van der Waals surface area contributed by atoms with Crippen LogP contribution in [-0.4, -0.2) is 92.3 Å². The van der Waals surface area contributed by atoms with E-state index in [0.29, 0.717) is 29.5 Å². The minimum atomic E-state index is -3.84. The lowest BCUT2D eigenvalue weighted by atomic mass is 9.96. The Morgan fingerprint density at radius 2 is 1.75 bits per heavy atom. The van der Waals surface area contributed by atoms with Crippen molar-refractivity contribution in [3.8, 4) is 5.75 Å². The second-order valence-electron chi connectivity index (χ2n) is 13.2. The van der Waals surface area contributed by atoms with Crippen molar-refractivity contribution in [1.29, 1.82) is 0 Å². The molecule has 13 heteroatoms. The molecule has 0 unspecified atom stereocenters. The fourth-order valence-corrected chi connectivity index (χ4v) is 7.51. The fourth-order valence-electron chi connectivity index (χ4n) is 6.20. The van der Waals surface area contributed by atoms with E-state index in [1.165, 1.54) is 42.0 Å². The number of sulfonamides is 1. The number of likely N-dealkylation sites (N-methyl/N-ethyl adjacent to an activating group) is 1. The van der Waals surface area contributed by atoms with Gasteiger partial charge >= 0.3 is 6.03 Å². The maximum Gasteiger partial charge on any atom is 0.319 e. The van der Waals surface area contributed by atoms with Gasteiger partial charge in [-0.1, -0.05) is 37.8 Å². The maximum atomic E-state index is 14.4. The minimum Gasteiger partial charge on any atom is -0.490 e. The van der Waals surface area contributed by atoms with Crippen molar-refractivity contribution < 1.29 is 32.6 Å². The van der Waals surface area contributed by atoms with Crippen LogP contribution in [0, 0.1) is 5.92 Å². The number of ether oxygens (including phenoxy) is 2. The van der Waals surface area contributed by atoms with Crippen LogP contribution in [-0.2, 0) is 14.8 Å². The van der Waals surface area contributed by atoms with Gasteiger partial charge in [0.25, 0.3) is 5.91 Å². The molecule has 0 bridgehead atoms. The summed E-state index contributed by atoms with van der Waals surface area (Å²) in [6.45, 7) is 5.97. The molecule has 266 valence electrons. The molecule has 0 aromatic heterocycles. The monoisotopic (exact) mass is 706 g/mol. The summed E-state index contributed by atoms with van der Waals surface area (Å²) in [5.74, 6) is -0.299. The quantitative estimate of drug-likeness (QED) is 0.310. The summed E-state index contributed by atoms with van der Waals surface area (Å²) < 4.78 is 40.7. The molecule has 11 nitrogen and oxygen atoms in total. The van der Waals surface area contributed by atoms with Crippen LogP contribution in [0.1, 0.15) is 82.5 Å². The number of halogens is 1. The molecular formula is C35H51ClN4O7S. The van der Waals surface area contributed by atoms with Crippen molar-refractivity contribution in [2.75, 3.05) is 38.7 Å². The summed E-state index contributed by atoms with van der Waals surface area (Å²) in [4.78, 5) is 28.9. The van der Waals surface area contributed by atoms with Gasteiger partial charge in [0.05, 0.1) is 35.3 Å². The fraction of sp³-hybridized carbons (Fsp3) is 0.600. The molecule has 4 atom stereocenters. The van der Waals surface area contributed by atoms with E-state index in [1.807, 2.05) is 13.8 Å². The van der Waals surface area contributed by atoms with Crippen LogP contribution < -0.4 is 15.4 Å². The topological polar surface area (TPSA) is 138 Å². The highest BCUT2D eigenvalue weighted by Gasteiger charge is 2.32. The van der Waals surface area contributed by atoms with Gasteiger partial charge in [-0.15, -0.1) is 0 Å². The van der Waals surface area contributed by atoms with Crippen molar-refractivity contribution in [3.63, 3.8) is 0 Å². The van der Waals surface area contributed by atoms with E-state index in [0.717, 1.165) is 38.5 Å². The molecule has 4 rings (SSSR count). The van der Waals surface area contributed by atoms with E-state index in [4.69, 9.17) is 21.1 Å². The van der Waals surface area contributed by atoms with Gasteiger partial charge in [-0.2, -0.15) is 4.31 Å². The van der Waals surface area contributed by atoms with E-state index in [1.54, 1.807) is 30.0 Å². The van der Waals surface area contributed by atoms with Crippen LogP contribution in [0.3, 0.4) is 0 Å². The molecular weight excluding hydrogens is 656 g/mol. The Balaban J connectivity index is 1.60. The number of benzene rings is 2. The van der Waals surface area contributed by atoms with Crippen LogP contribution in [0.5, 0.6) is 5.75 Å². The standard InChI is InChI=1S/C35H51ClN4O7S/c1-24-21-40(25(2)23-41)34(42)31-20-29(38-35(43)37-28-11-6-5-7-12-28)15-18-32(31)47-26(3)10-8-9-19-46-33(24)22-39(4)48(44,45)30-16-13-27(36)14-17-30/h13-18,20,24-26,28,33,41H,5-12,19,21-23H2,1-4H3,(H2,37,38,43)/t24-,25-,26+,33+/m1/s1. The van der Waals surface area contributed by atoms with Crippen LogP contribution in [0.2, 0.25) is 5.02 Å². The highest BCUT2D eigenvalue weighted by molar-refractivity contribution is 7.89. The second kappa shape index (κ2) is 17.7. The maximum absolute atomic E-state index is 14.4. The molecule has 2 aliphatic rings. The number of carbonyl (C=O) groups excluding carboxylic acids is 2. The number of anilines is 1. The second-order valence-corrected chi connectivity index (χ2v) is 15.7. The van der Waals surface area contributed by atoms with E-state index < -0.39 is 22.2 Å². The van der Waals surface area contributed by atoms with Gasteiger partial charge in [0, 0.05) is 49.4 Å². The molecule has 3 N–H and O–H groups in total. The average Bonchev–Trinajstić information content (AvgIpc) is 3.06. The summed E-state index contributed by atoms with van der Waals surface area (Å²) in [5, 5.41) is 16.6. The largest absolute Gasteiger partial charge is 0.490 e. The molecule has 1 heterocycles. The van der Waals surface area contributed by atoms with Crippen LogP contribution in [0.4, 0.5) is 10.5 Å². The number of hydrogen-bond donors (Lipinski definition) is 3. The Morgan fingerprint density at radius 1 is 1.06 bits per heavy atom. The normalized spacial score (nSPS) is 22.7. The van der Waals surface area contributed by atoms with Crippen molar-refractivity contribution in [2.24, 2.45) is 5.92 Å². The van der Waals surface area contributed by atoms with Gasteiger partial charge in [-0.3, -0.25) is 4.79 Å². The molecule has 1 saturated carbocycles. The summed E-state index contributed by atoms with van der Waals surface area (Å²) in [7, 11) is -2.33. The first-order valence-corrected chi connectivity index (χ1v) is 18.8. The van der Waals surface area contributed by atoms with Gasteiger partial charge in [-0.05, 0) is 88.4 Å². The first-order valence-electron chi connectivity index (χ1n) is 17.0. The molecule has 1 aliphatic carbocycles. The lowest BCUT2D eigenvalue weighted by Crippen LogP contribution is -2.48. The van der Waals surface area contributed by atoms with E-state index in [-0.39, 0.29) is 60.2 Å². The molecule has 1 fully saturated rings. The smallest absolute Gasteiger partial charge is 0.319 e. The Hall–Kier alpha value is -2.90. The first-order chi connectivity index (χ1) is 22.9. The Labute approximate surface area is 290 Å². The van der Waals surface area contributed by atoms with Gasteiger partial charge in [0.1, 0.15) is 5.75 Å². The first kappa shape index (κ1) is 37.9. The Bertz CT molecular complexity index is 1470. The number of aliphatic hydroxyl groups is 1. The number of amides is 3. The van der Waals surface area contributed by atoms with Gasteiger partial charge in [0.2, 0.25) is 10.0 Å². The van der Waals surface area contributed by atoms with Crippen LogP contribution >= 0.6 is 11.6 Å². The number of carbonyl (C=O) groups is 2. The molecule has 0 radical (unpaired) electrons. The van der Waals surface area contributed by atoms with Crippen molar-refractivity contribution in [2.45, 2.75) is 101 Å². The summed E-state index contributed by atoms with van der Waals surface area (Å²) in [6.07, 6.45) is 6.75. The molecule has 48 heavy (non-hydrogen) atoms. The molecule has 2 aromatic rings. The number of nitrogens with zero attached hydrogens (tertiary/aromatic N) is 2. The summed E-state index contributed by atoms with van der Waals surface area (Å²) >= 11 is 5.99. The Morgan fingerprint density at radius 3 is 2.44 bits per heavy atom. The number of aliphatic hydroxyl groups excluding tert-OH is 1. The lowest BCUT2D eigenvalue weighted by Gasteiger charge is -2.35. The number of hydrogen-bond acceptors (Lipinski definition) is 7. The van der Waals surface area contributed by atoms with E-state index in [9.17, 15) is 23.1 Å². The molecule has 2 aromatic carbocycles. The number of nitrogens with one attached hydrogen (secondary N) is 2. The SMILES string of the molecule is C[C@@H]1CN([C@H](C)CO)C(=O)c2cc(NC(=O)NC3CCCCC3)ccc2O[C@@H](C)CCCCO[C@H]1CN(C)S(=O)(=O)c1ccc(Cl)cc1. The zero-order valence-electron chi connectivity index (χ0n) is 28.5. The predicted molar refractivity (Wildman–Crippen MR) is 187 cm³/mol. The zero-order chi connectivity index (χ0) is 34.8. The molecule has 1 aliphatic heterocycles. The third-order valence-electron chi connectivity index (χ3n) is 9.21. The van der Waals surface area contributed by atoms with Crippen LogP contribution in [0.15, 0.2) is 47.4 Å². The van der Waals surface area contributed by atoms with E-state index >= 15 is 0 Å². The van der Waals surface area contributed by atoms with Gasteiger partial charge in [0.15, 0.2) is 0 Å². The van der Waals surface area contributed by atoms with Crippen molar-refractivity contribution >= 4 is 39.2 Å². The highest BCUT2D eigenvalue weighted by Crippen LogP contribution is 2.29. The van der Waals surface area contributed by atoms with Crippen molar-refractivity contribution in [3.05, 3.63) is 53.1 Å². The predicted octanol–water partition coefficient (Wildman–Crippen LogP) is 5.91. The zero-order valence-corrected chi connectivity index (χ0v) is 30.1.